The highest BCUT2D eigenvalue weighted by Gasteiger charge is 2.26. The third-order valence-corrected chi connectivity index (χ3v) is 6.08. The Labute approximate surface area is 183 Å². The summed E-state index contributed by atoms with van der Waals surface area (Å²) in [5.41, 5.74) is 1.14. The third-order valence-electron chi connectivity index (χ3n) is 4.83. The molecule has 0 bridgehead atoms. The molecule has 2 aromatic rings. The van der Waals surface area contributed by atoms with E-state index in [1.165, 1.54) is 11.8 Å². The quantitative estimate of drug-likeness (QED) is 0.548. The molecule has 0 heterocycles. The van der Waals surface area contributed by atoms with Crippen molar-refractivity contribution in [1.29, 1.82) is 0 Å². The van der Waals surface area contributed by atoms with E-state index in [4.69, 9.17) is 11.6 Å². The Morgan fingerprint density at radius 3 is 2.34 bits per heavy atom. The first-order valence-corrected chi connectivity index (χ1v) is 11.3. The van der Waals surface area contributed by atoms with Gasteiger partial charge in [-0.1, -0.05) is 48.9 Å². The molecule has 0 spiro atoms. The molecule has 0 aliphatic carbocycles. The Morgan fingerprint density at radius 2 is 1.72 bits per heavy atom. The van der Waals surface area contributed by atoms with Crippen LogP contribution in [0.3, 0.4) is 0 Å². The zero-order valence-electron chi connectivity index (χ0n) is 17.2. The molecule has 29 heavy (non-hydrogen) atoms. The van der Waals surface area contributed by atoms with Gasteiger partial charge in [0.15, 0.2) is 0 Å². The molecular formula is C23H29ClN2O2S. The number of hydrogen-bond donors (Lipinski definition) is 1. The van der Waals surface area contributed by atoms with Crippen LogP contribution >= 0.6 is 23.4 Å². The molecule has 0 aliphatic heterocycles. The van der Waals surface area contributed by atoms with Gasteiger partial charge in [0.1, 0.15) is 6.04 Å². The van der Waals surface area contributed by atoms with E-state index in [1.54, 1.807) is 11.8 Å². The first-order valence-electron chi connectivity index (χ1n) is 9.92. The first kappa shape index (κ1) is 23.3. The number of nitrogens with zero attached hydrogens (tertiary/aromatic N) is 1. The molecular weight excluding hydrogens is 404 g/mol. The Hall–Kier alpha value is -1.98. The van der Waals surface area contributed by atoms with Gasteiger partial charge in [-0.25, -0.2) is 0 Å². The maximum atomic E-state index is 13.0. The molecule has 1 N–H and O–H groups in total. The van der Waals surface area contributed by atoms with E-state index < -0.39 is 6.04 Å². The van der Waals surface area contributed by atoms with Crippen molar-refractivity contribution in [2.45, 2.75) is 50.6 Å². The third kappa shape index (κ3) is 7.75. The number of thioether (sulfide) groups is 1. The standard InChI is InChI=1S/C23H29ClN2O2S/c1-4-17(2)25-23(28)18(3)26(15-14-19-8-6-5-7-9-19)22(27)16-29-21-12-10-20(24)11-13-21/h5-13,17-18H,4,14-16H2,1-3H3,(H,25,28)/t17-,18-/m0/s1. The smallest absolute Gasteiger partial charge is 0.242 e. The number of benzene rings is 2. The average molecular weight is 433 g/mol. The van der Waals surface area contributed by atoms with Crippen molar-refractivity contribution < 1.29 is 9.59 Å². The largest absolute Gasteiger partial charge is 0.352 e. The maximum Gasteiger partial charge on any atom is 0.242 e. The molecule has 2 aromatic carbocycles. The van der Waals surface area contributed by atoms with Crippen molar-refractivity contribution in [2.24, 2.45) is 0 Å². The summed E-state index contributed by atoms with van der Waals surface area (Å²) in [7, 11) is 0. The SMILES string of the molecule is CC[C@H](C)NC(=O)[C@H](C)N(CCc1ccccc1)C(=O)CSc1ccc(Cl)cc1. The number of rotatable bonds is 10. The molecule has 0 radical (unpaired) electrons. The summed E-state index contributed by atoms with van der Waals surface area (Å²) >= 11 is 7.38. The van der Waals surface area contributed by atoms with E-state index in [9.17, 15) is 9.59 Å². The average Bonchev–Trinajstić information content (AvgIpc) is 2.73. The van der Waals surface area contributed by atoms with Gasteiger partial charge in [0.05, 0.1) is 5.75 Å². The van der Waals surface area contributed by atoms with Crippen LogP contribution < -0.4 is 5.32 Å². The van der Waals surface area contributed by atoms with Crippen LogP contribution in [0.15, 0.2) is 59.5 Å². The highest BCUT2D eigenvalue weighted by molar-refractivity contribution is 8.00. The van der Waals surface area contributed by atoms with Gasteiger partial charge in [-0.2, -0.15) is 0 Å². The zero-order chi connectivity index (χ0) is 21.2. The lowest BCUT2D eigenvalue weighted by molar-refractivity contribution is -0.138. The normalized spacial score (nSPS) is 12.8. The van der Waals surface area contributed by atoms with Crippen molar-refractivity contribution >= 4 is 35.2 Å². The number of amides is 2. The molecule has 2 amide bonds. The van der Waals surface area contributed by atoms with Gasteiger partial charge in [0.25, 0.3) is 0 Å². The van der Waals surface area contributed by atoms with Crippen molar-refractivity contribution in [3.8, 4) is 0 Å². The van der Waals surface area contributed by atoms with Crippen LogP contribution in [0.25, 0.3) is 0 Å². The molecule has 156 valence electrons. The summed E-state index contributed by atoms with van der Waals surface area (Å²) in [5.74, 6) is 0.113. The summed E-state index contributed by atoms with van der Waals surface area (Å²) in [4.78, 5) is 28.3. The van der Waals surface area contributed by atoms with Gasteiger partial charge < -0.3 is 10.2 Å². The van der Waals surface area contributed by atoms with E-state index in [-0.39, 0.29) is 23.6 Å². The Balaban J connectivity index is 2.05. The number of carbonyl (C=O) groups is 2. The fraction of sp³-hybridized carbons (Fsp3) is 0.391. The molecule has 0 unspecified atom stereocenters. The Kier molecular flexibility index (Phi) is 9.55. The van der Waals surface area contributed by atoms with Gasteiger partial charge >= 0.3 is 0 Å². The molecule has 2 rings (SSSR count). The van der Waals surface area contributed by atoms with Crippen LogP contribution in [-0.4, -0.2) is 41.1 Å². The van der Waals surface area contributed by atoms with E-state index in [0.29, 0.717) is 18.0 Å². The minimum atomic E-state index is -0.522. The molecule has 0 fully saturated rings. The van der Waals surface area contributed by atoms with Gasteiger partial charge in [-0.15, -0.1) is 11.8 Å². The Bertz CT molecular complexity index is 783. The minimum absolute atomic E-state index is 0.0484. The van der Waals surface area contributed by atoms with E-state index in [2.05, 4.69) is 5.32 Å². The molecule has 0 aliphatic rings. The van der Waals surface area contributed by atoms with Crippen molar-refractivity contribution in [3.05, 3.63) is 65.2 Å². The lowest BCUT2D eigenvalue weighted by Crippen LogP contribution is -2.51. The molecule has 6 heteroatoms. The lowest BCUT2D eigenvalue weighted by atomic mass is 10.1. The minimum Gasteiger partial charge on any atom is -0.352 e. The second-order valence-electron chi connectivity index (χ2n) is 7.06. The van der Waals surface area contributed by atoms with E-state index in [0.717, 1.165) is 16.9 Å². The molecule has 2 atom stereocenters. The Morgan fingerprint density at radius 1 is 1.07 bits per heavy atom. The van der Waals surface area contributed by atoms with Crippen LogP contribution in [0.1, 0.15) is 32.8 Å². The molecule has 0 aromatic heterocycles. The van der Waals surface area contributed by atoms with Crippen molar-refractivity contribution in [2.75, 3.05) is 12.3 Å². The van der Waals surface area contributed by atoms with E-state index >= 15 is 0 Å². The second-order valence-corrected chi connectivity index (χ2v) is 8.54. The number of carbonyl (C=O) groups excluding carboxylic acids is 2. The van der Waals surface area contributed by atoms with Crippen LogP contribution in [0.2, 0.25) is 5.02 Å². The van der Waals surface area contributed by atoms with Crippen LogP contribution in [0.4, 0.5) is 0 Å². The second kappa shape index (κ2) is 11.9. The van der Waals surface area contributed by atoms with Crippen LogP contribution in [0.5, 0.6) is 0 Å². The molecule has 4 nitrogen and oxygen atoms in total. The summed E-state index contributed by atoms with van der Waals surface area (Å²) in [6.07, 6.45) is 1.56. The highest BCUT2D eigenvalue weighted by atomic mass is 35.5. The van der Waals surface area contributed by atoms with Gasteiger partial charge in [-0.05, 0) is 56.5 Å². The summed E-state index contributed by atoms with van der Waals surface area (Å²) in [5, 5.41) is 3.66. The summed E-state index contributed by atoms with van der Waals surface area (Å²) in [6.45, 7) is 6.29. The fourth-order valence-corrected chi connectivity index (χ4v) is 3.70. The van der Waals surface area contributed by atoms with Crippen LogP contribution in [0, 0.1) is 0 Å². The predicted molar refractivity (Wildman–Crippen MR) is 121 cm³/mol. The highest BCUT2D eigenvalue weighted by Crippen LogP contribution is 2.21. The maximum absolute atomic E-state index is 13.0. The molecule has 0 saturated carbocycles. The van der Waals surface area contributed by atoms with Crippen molar-refractivity contribution in [1.82, 2.24) is 10.2 Å². The lowest BCUT2D eigenvalue weighted by Gasteiger charge is -2.29. The fourth-order valence-electron chi connectivity index (χ4n) is 2.79. The number of hydrogen-bond acceptors (Lipinski definition) is 3. The number of nitrogens with one attached hydrogen (secondary N) is 1. The summed E-state index contributed by atoms with van der Waals surface area (Å²) < 4.78 is 0. The number of halogens is 1. The van der Waals surface area contributed by atoms with Crippen LogP contribution in [-0.2, 0) is 16.0 Å². The topological polar surface area (TPSA) is 49.4 Å². The van der Waals surface area contributed by atoms with Gasteiger partial charge in [0, 0.05) is 22.5 Å². The predicted octanol–water partition coefficient (Wildman–Crippen LogP) is 4.81. The molecule has 0 saturated heterocycles. The van der Waals surface area contributed by atoms with Crippen molar-refractivity contribution in [3.63, 3.8) is 0 Å². The zero-order valence-corrected chi connectivity index (χ0v) is 18.8. The first-order chi connectivity index (χ1) is 13.9. The van der Waals surface area contributed by atoms with E-state index in [1.807, 2.05) is 68.4 Å². The summed E-state index contributed by atoms with van der Waals surface area (Å²) in [6, 6.07) is 17.0. The van der Waals surface area contributed by atoms with Gasteiger partial charge in [-0.3, -0.25) is 9.59 Å². The van der Waals surface area contributed by atoms with Gasteiger partial charge in [0.2, 0.25) is 11.8 Å². The monoisotopic (exact) mass is 432 g/mol.